The van der Waals surface area contributed by atoms with E-state index in [9.17, 15) is 19.3 Å². The zero-order chi connectivity index (χ0) is 15.0. The second-order valence-corrected chi connectivity index (χ2v) is 4.84. The maximum atomic E-state index is 13.4. The topological polar surface area (TPSA) is 83.7 Å². The number of carboxylic acids is 1. The fourth-order valence-corrected chi connectivity index (χ4v) is 1.54. The molecule has 0 aliphatic rings. The van der Waals surface area contributed by atoms with Crippen LogP contribution in [-0.4, -0.2) is 28.6 Å². The highest BCUT2D eigenvalue weighted by molar-refractivity contribution is 6.31. The number of benzene rings is 1. The number of likely N-dealkylation sites (N-methyl/N-ethyl adjacent to an activating group) is 1. The lowest BCUT2D eigenvalue weighted by Crippen LogP contribution is -2.48. The summed E-state index contributed by atoms with van der Waals surface area (Å²) in [6.07, 6.45) is 0. The van der Waals surface area contributed by atoms with Crippen molar-refractivity contribution in [3.8, 4) is 0 Å². The molecule has 0 amide bonds. The third-order valence-corrected chi connectivity index (χ3v) is 3.23. The van der Waals surface area contributed by atoms with Crippen molar-refractivity contribution < 1.29 is 19.2 Å². The van der Waals surface area contributed by atoms with Crippen LogP contribution in [0.4, 0.5) is 15.8 Å². The Labute approximate surface area is 113 Å². The van der Waals surface area contributed by atoms with Crippen LogP contribution in [0.25, 0.3) is 0 Å². The molecule has 19 heavy (non-hydrogen) atoms. The van der Waals surface area contributed by atoms with E-state index < -0.39 is 33.0 Å². The number of nitrogens with zero attached hydrogens (tertiary/aromatic N) is 2. The molecule has 0 spiro atoms. The number of nitro benzene ring substituents is 1. The molecule has 0 aromatic heterocycles. The maximum Gasteiger partial charge on any atom is 0.328 e. The lowest BCUT2D eigenvalue weighted by molar-refractivity contribution is -0.384. The van der Waals surface area contributed by atoms with Gasteiger partial charge >= 0.3 is 5.97 Å². The molecule has 0 aliphatic carbocycles. The Bertz CT molecular complexity index is 548. The quantitative estimate of drug-likeness (QED) is 0.681. The minimum Gasteiger partial charge on any atom is -0.480 e. The first-order valence-electron chi connectivity index (χ1n) is 5.19. The summed E-state index contributed by atoms with van der Waals surface area (Å²) in [5.41, 5.74) is -2.05. The van der Waals surface area contributed by atoms with Crippen molar-refractivity contribution in [2.45, 2.75) is 19.4 Å². The van der Waals surface area contributed by atoms with Gasteiger partial charge in [-0.2, -0.15) is 0 Å². The smallest absolute Gasteiger partial charge is 0.328 e. The predicted octanol–water partition coefficient (Wildman–Crippen LogP) is 2.69. The molecule has 0 unspecified atom stereocenters. The number of halogens is 2. The van der Waals surface area contributed by atoms with Gasteiger partial charge in [-0.15, -0.1) is 0 Å². The van der Waals surface area contributed by atoms with Gasteiger partial charge in [-0.1, -0.05) is 11.6 Å². The summed E-state index contributed by atoms with van der Waals surface area (Å²) < 4.78 is 13.4. The Morgan fingerprint density at radius 1 is 1.53 bits per heavy atom. The van der Waals surface area contributed by atoms with E-state index in [1.165, 1.54) is 20.9 Å². The van der Waals surface area contributed by atoms with Crippen molar-refractivity contribution >= 4 is 28.9 Å². The molecular weight excluding hydrogens is 279 g/mol. The lowest BCUT2D eigenvalue weighted by atomic mass is 10.0. The highest BCUT2D eigenvalue weighted by Gasteiger charge is 2.36. The molecule has 8 heteroatoms. The first kappa shape index (κ1) is 15.2. The van der Waals surface area contributed by atoms with E-state index in [1.54, 1.807) is 0 Å². The fraction of sp³-hybridized carbons (Fsp3) is 0.364. The molecule has 0 saturated carbocycles. The van der Waals surface area contributed by atoms with E-state index in [1.807, 2.05) is 0 Å². The molecule has 1 rings (SSSR count). The molecule has 6 nitrogen and oxygen atoms in total. The summed E-state index contributed by atoms with van der Waals surface area (Å²) in [6, 6.07) is 1.71. The molecule has 0 atom stereocenters. The number of hydrogen-bond acceptors (Lipinski definition) is 4. The molecule has 0 aliphatic heterocycles. The average Bonchev–Trinajstić information content (AvgIpc) is 2.30. The van der Waals surface area contributed by atoms with Crippen LogP contribution in [0.2, 0.25) is 5.02 Å². The van der Waals surface area contributed by atoms with Gasteiger partial charge in [-0.25, -0.2) is 9.18 Å². The molecule has 0 radical (unpaired) electrons. The van der Waals surface area contributed by atoms with Crippen LogP contribution < -0.4 is 4.90 Å². The standard InChI is InChI=1S/C11H12ClFN2O4/c1-11(2,10(16)17)14(3)8-5-7(13)6(12)4-9(8)15(18)19/h4-5H,1-3H3,(H,16,17). The third-order valence-electron chi connectivity index (χ3n) is 2.94. The van der Waals surface area contributed by atoms with Gasteiger partial charge in [-0.3, -0.25) is 10.1 Å². The summed E-state index contributed by atoms with van der Waals surface area (Å²) in [5.74, 6) is -2.05. The molecule has 1 aromatic carbocycles. The highest BCUT2D eigenvalue weighted by atomic mass is 35.5. The van der Waals surface area contributed by atoms with E-state index in [2.05, 4.69) is 0 Å². The minimum atomic E-state index is -1.44. The Balaban J connectivity index is 3.45. The average molecular weight is 291 g/mol. The summed E-state index contributed by atoms with van der Waals surface area (Å²) in [5, 5.41) is 19.6. The SMILES string of the molecule is CN(c1cc(F)c(Cl)cc1[N+](=O)[O-])C(C)(C)C(=O)O. The number of carboxylic acid groups (broad SMARTS) is 1. The van der Waals surface area contributed by atoms with Crippen LogP contribution in [0.3, 0.4) is 0 Å². The van der Waals surface area contributed by atoms with Crippen molar-refractivity contribution in [2.75, 3.05) is 11.9 Å². The maximum absolute atomic E-state index is 13.4. The van der Waals surface area contributed by atoms with Crippen LogP contribution in [0.15, 0.2) is 12.1 Å². The Morgan fingerprint density at radius 3 is 2.47 bits per heavy atom. The van der Waals surface area contributed by atoms with Crippen molar-refractivity contribution in [1.82, 2.24) is 0 Å². The van der Waals surface area contributed by atoms with E-state index in [4.69, 9.17) is 16.7 Å². The third kappa shape index (κ3) is 2.76. The van der Waals surface area contributed by atoms with Crippen LogP contribution in [-0.2, 0) is 4.79 Å². The van der Waals surface area contributed by atoms with Crippen molar-refractivity contribution in [1.29, 1.82) is 0 Å². The first-order chi connectivity index (χ1) is 8.59. The van der Waals surface area contributed by atoms with Crippen LogP contribution in [0.1, 0.15) is 13.8 Å². The number of nitro groups is 1. The summed E-state index contributed by atoms with van der Waals surface area (Å²) in [4.78, 5) is 22.5. The largest absolute Gasteiger partial charge is 0.480 e. The summed E-state index contributed by atoms with van der Waals surface area (Å²) in [6.45, 7) is 2.71. The second kappa shape index (κ2) is 5.00. The molecule has 0 bridgehead atoms. The molecule has 1 aromatic rings. The van der Waals surface area contributed by atoms with Crippen molar-refractivity contribution in [3.05, 3.63) is 33.1 Å². The molecule has 1 N–H and O–H groups in total. The fourth-order valence-electron chi connectivity index (χ4n) is 1.39. The first-order valence-corrected chi connectivity index (χ1v) is 5.57. The summed E-state index contributed by atoms with van der Waals surface area (Å²) >= 11 is 5.50. The normalized spacial score (nSPS) is 11.2. The molecule has 104 valence electrons. The van der Waals surface area contributed by atoms with Crippen LogP contribution in [0, 0.1) is 15.9 Å². The molecular formula is C11H12ClFN2O4. The zero-order valence-electron chi connectivity index (χ0n) is 10.5. The zero-order valence-corrected chi connectivity index (χ0v) is 11.2. The van der Waals surface area contributed by atoms with E-state index >= 15 is 0 Å². The van der Waals surface area contributed by atoms with Gasteiger partial charge < -0.3 is 10.0 Å². The predicted molar refractivity (Wildman–Crippen MR) is 68.2 cm³/mol. The number of rotatable bonds is 4. The highest BCUT2D eigenvalue weighted by Crippen LogP contribution is 2.35. The Kier molecular flexibility index (Phi) is 4.00. The van der Waals surface area contributed by atoms with E-state index in [0.29, 0.717) is 0 Å². The van der Waals surface area contributed by atoms with E-state index in [-0.39, 0.29) is 5.69 Å². The van der Waals surface area contributed by atoms with Crippen LogP contribution >= 0.6 is 11.6 Å². The number of anilines is 1. The molecule has 0 fully saturated rings. The van der Waals surface area contributed by atoms with E-state index in [0.717, 1.165) is 17.0 Å². The number of carbonyl (C=O) groups is 1. The molecule has 0 heterocycles. The number of aliphatic carboxylic acids is 1. The Hall–Kier alpha value is -1.89. The summed E-state index contributed by atoms with van der Waals surface area (Å²) in [7, 11) is 1.34. The van der Waals surface area contributed by atoms with Crippen molar-refractivity contribution in [3.63, 3.8) is 0 Å². The Morgan fingerprint density at radius 2 is 2.05 bits per heavy atom. The minimum absolute atomic E-state index is 0.153. The van der Waals surface area contributed by atoms with Gasteiger partial charge in [0, 0.05) is 19.2 Å². The van der Waals surface area contributed by atoms with Gasteiger partial charge in [-0.05, 0) is 13.8 Å². The van der Waals surface area contributed by atoms with Crippen molar-refractivity contribution in [2.24, 2.45) is 0 Å². The van der Waals surface area contributed by atoms with Gasteiger partial charge in [0.05, 0.1) is 9.95 Å². The van der Waals surface area contributed by atoms with Crippen LogP contribution in [0.5, 0.6) is 0 Å². The monoisotopic (exact) mass is 290 g/mol. The van der Waals surface area contributed by atoms with Gasteiger partial charge in [0.15, 0.2) is 0 Å². The second-order valence-electron chi connectivity index (χ2n) is 4.44. The molecule has 0 saturated heterocycles. The lowest BCUT2D eigenvalue weighted by Gasteiger charge is -2.33. The van der Waals surface area contributed by atoms with Gasteiger partial charge in [0.25, 0.3) is 5.69 Å². The van der Waals surface area contributed by atoms with Gasteiger partial charge in [0.1, 0.15) is 17.0 Å². The van der Waals surface area contributed by atoms with Gasteiger partial charge in [0.2, 0.25) is 0 Å². The number of hydrogen-bond donors (Lipinski definition) is 1.